The lowest BCUT2D eigenvalue weighted by Gasteiger charge is -2.33. The van der Waals surface area contributed by atoms with Gasteiger partial charge in [-0.3, -0.25) is 4.99 Å². The van der Waals surface area contributed by atoms with Gasteiger partial charge in [-0.2, -0.15) is 0 Å². The second-order valence-corrected chi connectivity index (χ2v) is 6.57. The van der Waals surface area contributed by atoms with Gasteiger partial charge < -0.3 is 25.0 Å². The van der Waals surface area contributed by atoms with Gasteiger partial charge in [-0.25, -0.2) is 4.39 Å². The van der Waals surface area contributed by atoms with Crippen LogP contribution in [0.5, 0.6) is 5.75 Å². The van der Waals surface area contributed by atoms with Gasteiger partial charge in [0, 0.05) is 39.8 Å². The summed E-state index contributed by atoms with van der Waals surface area (Å²) in [4.78, 5) is 6.70. The molecular weight excluding hydrogens is 462 g/mol. The molecule has 0 aliphatic carbocycles. The standard InChI is InChI=1S/C19H31FN4O2.HI/c1-15(26-18-7-5-4-6-17(18)20)14-22-19(21-2)23-16-8-10-24(11-9-16)12-13-25-3;/h4-7,15-16H,8-14H2,1-3H3,(H2,21,22,23);1H. The van der Waals surface area contributed by atoms with E-state index in [4.69, 9.17) is 9.47 Å². The van der Waals surface area contributed by atoms with Crippen molar-refractivity contribution >= 4 is 29.9 Å². The highest BCUT2D eigenvalue weighted by Crippen LogP contribution is 2.16. The lowest BCUT2D eigenvalue weighted by Crippen LogP contribution is -2.50. The van der Waals surface area contributed by atoms with Gasteiger partial charge in [0.25, 0.3) is 0 Å². The Hall–Kier alpha value is -1.13. The van der Waals surface area contributed by atoms with Crippen LogP contribution in [0.1, 0.15) is 19.8 Å². The van der Waals surface area contributed by atoms with Crippen LogP contribution >= 0.6 is 24.0 Å². The molecule has 1 unspecified atom stereocenters. The van der Waals surface area contributed by atoms with Crippen molar-refractivity contribution < 1.29 is 13.9 Å². The molecular formula is C19H32FIN4O2. The van der Waals surface area contributed by atoms with Crippen LogP contribution in [0.4, 0.5) is 4.39 Å². The highest BCUT2D eigenvalue weighted by Gasteiger charge is 2.19. The van der Waals surface area contributed by atoms with E-state index < -0.39 is 0 Å². The summed E-state index contributed by atoms with van der Waals surface area (Å²) in [5.74, 6) is 0.680. The molecule has 1 aliphatic rings. The molecule has 154 valence electrons. The van der Waals surface area contributed by atoms with E-state index in [1.165, 1.54) is 6.07 Å². The average Bonchev–Trinajstić information content (AvgIpc) is 2.66. The molecule has 27 heavy (non-hydrogen) atoms. The van der Waals surface area contributed by atoms with Gasteiger partial charge in [-0.15, -0.1) is 24.0 Å². The lowest BCUT2D eigenvalue weighted by molar-refractivity contribution is 0.128. The fourth-order valence-electron chi connectivity index (χ4n) is 2.95. The number of ether oxygens (including phenoxy) is 2. The van der Waals surface area contributed by atoms with Crippen molar-refractivity contribution in [3.8, 4) is 5.75 Å². The quantitative estimate of drug-likeness (QED) is 0.331. The van der Waals surface area contributed by atoms with Crippen molar-refractivity contribution in [2.24, 2.45) is 4.99 Å². The predicted molar refractivity (Wildman–Crippen MR) is 118 cm³/mol. The van der Waals surface area contributed by atoms with Crippen LogP contribution in [-0.2, 0) is 4.74 Å². The Bertz CT molecular complexity index is 568. The molecule has 2 N–H and O–H groups in total. The van der Waals surface area contributed by atoms with Gasteiger partial charge in [-0.1, -0.05) is 12.1 Å². The van der Waals surface area contributed by atoms with Crippen molar-refractivity contribution in [1.82, 2.24) is 15.5 Å². The van der Waals surface area contributed by atoms with E-state index in [0.717, 1.165) is 45.0 Å². The minimum Gasteiger partial charge on any atom is -0.486 e. The zero-order valence-electron chi connectivity index (χ0n) is 16.4. The maximum absolute atomic E-state index is 13.6. The number of hydrogen-bond acceptors (Lipinski definition) is 4. The molecule has 1 heterocycles. The predicted octanol–water partition coefficient (Wildman–Crippen LogP) is 2.49. The molecule has 8 heteroatoms. The molecule has 1 saturated heterocycles. The van der Waals surface area contributed by atoms with E-state index in [9.17, 15) is 4.39 Å². The number of rotatable bonds is 8. The number of para-hydroxylation sites is 1. The molecule has 0 radical (unpaired) electrons. The fraction of sp³-hybridized carbons (Fsp3) is 0.632. The van der Waals surface area contributed by atoms with E-state index in [1.54, 1.807) is 32.4 Å². The van der Waals surface area contributed by atoms with Crippen LogP contribution in [0.25, 0.3) is 0 Å². The van der Waals surface area contributed by atoms with Crippen LogP contribution in [0.2, 0.25) is 0 Å². The number of guanidine groups is 1. The topological polar surface area (TPSA) is 58.1 Å². The maximum atomic E-state index is 13.6. The summed E-state index contributed by atoms with van der Waals surface area (Å²) in [6, 6.07) is 6.85. The fourth-order valence-corrected chi connectivity index (χ4v) is 2.95. The second-order valence-electron chi connectivity index (χ2n) is 6.57. The molecule has 1 fully saturated rings. The van der Waals surface area contributed by atoms with Crippen LogP contribution in [0.3, 0.4) is 0 Å². The first-order chi connectivity index (χ1) is 12.6. The van der Waals surface area contributed by atoms with Gasteiger partial charge in [-0.05, 0) is 31.9 Å². The molecule has 0 saturated carbocycles. The first-order valence-electron chi connectivity index (χ1n) is 9.22. The maximum Gasteiger partial charge on any atom is 0.191 e. The summed E-state index contributed by atoms with van der Waals surface area (Å²) in [6.45, 7) is 6.33. The molecule has 0 aromatic heterocycles. The number of aliphatic imine (C=N–C) groups is 1. The monoisotopic (exact) mass is 494 g/mol. The lowest BCUT2D eigenvalue weighted by atomic mass is 10.1. The Balaban J connectivity index is 0.00000364. The number of piperidine rings is 1. The summed E-state index contributed by atoms with van der Waals surface area (Å²) >= 11 is 0. The zero-order valence-corrected chi connectivity index (χ0v) is 18.7. The molecule has 1 atom stereocenters. The second kappa shape index (κ2) is 13.1. The molecule has 6 nitrogen and oxygen atoms in total. The summed E-state index contributed by atoms with van der Waals surface area (Å²) in [6.07, 6.45) is 1.97. The van der Waals surface area contributed by atoms with Crippen molar-refractivity contribution in [2.45, 2.75) is 31.9 Å². The van der Waals surface area contributed by atoms with Crippen LogP contribution in [-0.4, -0.2) is 69.9 Å². The van der Waals surface area contributed by atoms with Gasteiger partial charge in [0.05, 0.1) is 13.2 Å². The highest BCUT2D eigenvalue weighted by molar-refractivity contribution is 14.0. The summed E-state index contributed by atoms with van der Waals surface area (Å²) in [7, 11) is 3.49. The van der Waals surface area contributed by atoms with Gasteiger partial charge >= 0.3 is 0 Å². The smallest absolute Gasteiger partial charge is 0.191 e. The van der Waals surface area contributed by atoms with Crippen molar-refractivity contribution in [3.63, 3.8) is 0 Å². The number of benzene rings is 1. The molecule has 0 bridgehead atoms. The molecule has 1 aromatic rings. The van der Waals surface area contributed by atoms with E-state index in [1.807, 2.05) is 6.92 Å². The summed E-state index contributed by atoms with van der Waals surface area (Å²) in [5.41, 5.74) is 0. The first kappa shape index (κ1) is 23.9. The normalized spacial score (nSPS) is 17.1. The number of nitrogens with one attached hydrogen (secondary N) is 2. The van der Waals surface area contributed by atoms with Gasteiger partial charge in [0.1, 0.15) is 6.10 Å². The zero-order chi connectivity index (χ0) is 18.8. The van der Waals surface area contributed by atoms with Crippen LogP contribution < -0.4 is 15.4 Å². The van der Waals surface area contributed by atoms with Gasteiger partial charge in [0.15, 0.2) is 17.5 Å². The third kappa shape index (κ3) is 8.61. The number of halogens is 2. The Morgan fingerprint density at radius 3 is 2.67 bits per heavy atom. The van der Waals surface area contributed by atoms with E-state index in [-0.39, 0.29) is 41.6 Å². The van der Waals surface area contributed by atoms with Gasteiger partial charge in [0.2, 0.25) is 0 Å². The van der Waals surface area contributed by atoms with Crippen molar-refractivity contribution in [1.29, 1.82) is 0 Å². The summed E-state index contributed by atoms with van der Waals surface area (Å²) in [5, 5.41) is 6.72. The minimum atomic E-state index is -0.345. The number of nitrogens with zero attached hydrogens (tertiary/aromatic N) is 2. The molecule has 0 amide bonds. The van der Waals surface area contributed by atoms with Crippen LogP contribution in [0, 0.1) is 5.82 Å². The number of hydrogen-bond donors (Lipinski definition) is 2. The average molecular weight is 494 g/mol. The molecule has 1 aliphatic heterocycles. The number of likely N-dealkylation sites (tertiary alicyclic amines) is 1. The minimum absolute atomic E-state index is 0. The Morgan fingerprint density at radius 1 is 1.33 bits per heavy atom. The molecule has 2 rings (SSSR count). The highest BCUT2D eigenvalue weighted by atomic mass is 127. The Kier molecular flexibility index (Phi) is 11.6. The Morgan fingerprint density at radius 2 is 2.04 bits per heavy atom. The molecule has 1 aromatic carbocycles. The molecule has 0 spiro atoms. The third-order valence-corrected chi connectivity index (χ3v) is 4.49. The third-order valence-electron chi connectivity index (χ3n) is 4.49. The SMILES string of the molecule is CN=C(NCC(C)Oc1ccccc1F)NC1CCN(CCOC)CC1.I. The van der Waals surface area contributed by atoms with Crippen molar-refractivity contribution in [3.05, 3.63) is 30.1 Å². The Labute approximate surface area is 178 Å². The first-order valence-corrected chi connectivity index (χ1v) is 9.22. The summed E-state index contributed by atoms with van der Waals surface area (Å²) < 4.78 is 24.4. The number of methoxy groups -OCH3 is 1. The van der Waals surface area contributed by atoms with E-state index >= 15 is 0 Å². The van der Waals surface area contributed by atoms with Crippen LogP contribution in [0.15, 0.2) is 29.3 Å². The van der Waals surface area contributed by atoms with E-state index in [0.29, 0.717) is 12.6 Å². The van der Waals surface area contributed by atoms with E-state index in [2.05, 4.69) is 20.5 Å². The largest absolute Gasteiger partial charge is 0.486 e. The van der Waals surface area contributed by atoms with Crippen molar-refractivity contribution in [2.75, 3.05) is 46.9 Å².